The molecule has 9 nitrogen and oxygen atoms in total. The van der Waals surface area contributed by atoms with Crippen molar-refractivity contribution in [2.75, 3.05) is 17.0 Å². The number of ether oxygens (including phenoxy) is 2. The number of carbonyl (C=O) groups is 2. The van der Waals surface area contributed by atoms with Crippen molar-refractivity contribution in [2.45, 2.75) is 6.92 Å². The van der Waals surface area contributed by atoms with Crippen molar-refractivity contribution in [2.24, 2.45) is 0 Å². The van der Waals surface area contributed by atoms with Gasteiger partial charge in [-0.05, 0) is 37.3 Å². The summed E-state index contributed by atoms with van der Waals surface area (Å²) in [5.74, 6) is -0.0526. The fourth-order valence-corrected chi connectivity index (χ4v) is 3.58. The van der Waals surface area contributed by atoms with Crippen LogP contribution < -0.4 is 19.7 Å². The van der Waals surface area contributed by atoms with E-state index in [0.717, 1.165) is 16.5 Å². The van der Waals surface area contributed by atoms with Crippen LogP contribution in [0, 0.1) is 17.0 Å². The third-order valence-electron chi connectivity index (χ3n) is 5.14. The van der Waals surface area contributed by atoms with E-state index in [1.165, 1.54) is 6.07 Å². The zero-order chi connectivity index (χ0) is 21.7. The Hall–Kier alpha value is -4.40. The van der Waals surface area contributed by atoms with Crippen LogP contribution in [0.15, 0.2) is 54.6 Å². The molecule has 0 radical (unpaired) electrons. The van der Waals surface area contributed by atoms with E-state index in [1.807, 2.05) is 6.92 Å². The number of hydrogen-bond donors (Lipinski definition) is 1. The molecule has 2 amide bonds. The average Bonchev–Trinajstić information content (AvgIpc) is 3.31. The lowest BCUT2D eigenvalue weighted by atomic mass is 10.1. The lowest BCUT2D eigenvalue weighted by Crippen LogP contribution is -2.29. The maximum atomic E-state index is 13.0. The van der Waals surface area contributed by atoms with Crippen molar-refractivity contribution in [3.63, 3.8) is 0 Å². The molecule has 3 aromatic rings. The van der Waals surface area contributed by atoms with Crippen molar-refractivity contribution >= 4 is 34.6 Å². The first-order valence-corrected chi connectivity index (χ1v) is 9.37. The Bertz CT molecular complexity index is 1270. The van der Waals surface area contributed by atoms with E-state index in [2.05, 4.69) is 5.32 Å². The first kappa shape index (κ1) is 18.6. The zero-order valence-electron chi connectivity index (χ0n) is 16.2. The van der Waals surface area contributed by atoms with Gasteiger partial charge in [0, 0.05) is 17.8 Å². The van der Waals surface area contributed by atoms with Gasteiger partial charge in [-0.15, -0.1) is 0 Å². The molecule has 31 heavy (non-hydrogen) atoms. The molecule has 0 spiro atoms. The molecule has 154 valence electrons. The van der Waals surface area contributed by atoms with E-state index in [4.69, 9.17) is 9.47 Å². The van der Waals surface area contributed by atoms with Crippen LogP contribution in [-0.4, -0.2) is 23.5 Å². The standard InChI is InChI=1S/C22H15N3O6/c1-12-2-5-14(6-3-12)24-21(26)15-9-17(18(25(28)29)10-16(15)22(24)27)23-13-4-7-19-20(8-13)31-11-30-19/h2-10,23H,11H2,1H3. The molecule has 0 bridgehead atoms. The van der Waals surface area contributed by atoms with Crippen LogP contribution in [0.2, 0.25) is 0 Å². The van der Waals surface area contributed by atoms with Crippen LogP contribution >= 0.6 is 0 Å². The normalized spacial score (nSPS) is 14.0. The molecule has 3 aromatic carbocycles. The molecule has 0 aromatic heterocycles. The topological polar surface area (TPSA) is 111 Å². The van der Waals surface area contributed by atoms with Gasteiger partial charge in [0.05, 0.1) is 21.7 Å². The van der Waals surface area contributed by atoms with E-state index >= 15 is 0 Å². The molecule has 0 saturated carbocycles. The minimum absolute atomic E-state index is 0.00601. The second kappa shape index (κ2) is 6.84. The number of nitro groups is 1. The highest BCUT2D eigenvalue weighted by atomic mass is 16.7. The molecular weight excluding hydrogens is 402 g/mol. The third-order valence-corrected chi connectivity index (χ3v) is 5.14. The maximum Gasteiger partial charge on any atom is 0.293 e. The van der Waals surface area contributed by atoms with Gasteiger partial charge in [0.15, 0.2) is 11.5 Å². The highest BCUT2D eigenvalue weighted by molar-refractivity contribution is 6.35. The smallest absolute Gasteiger partial charge is 0.293 e. The van der Waals surface area contributed by atoms with Gasteiger partial charge in [0.2, 0.25) is 6.79 Å². The number of aryl methyl sites for hydroxylation is 1. The second-order valence-electron chi connectivity index (χ2n) is 7.15. The van der Waals surface area contributed by atoms with E-state index in [-0.39, 0.29) is 29.3 Å². The molecular formula is C22H15N3O6. The predicted octanol–water partition coefficient (Wildman–Crippen LogP) is 4.18. The predicted molar refractivity (Wildman–Crippen MR) is 111 cm³/mol. The Kier molecular flexibility index (Phi) is 4.11. The molecule has 5 rings (SSSR count). The van der Waals surface area contributed by atoms with Gasteiger partial charge in [-0.25, -0.2) is 4.90 Å². The number of nitrogens with zero attached hydrogens (tertiary/aromatic N) is 2. The molecule has 0 atom stereocenters. The SMILES string of the molecule is Cc1ccc(N2C(=O)c3cc(Nc4ccc5c(c4)OCO5)c([N+](=O)[O-])cc3C2=O)cc1. The summed E-state index contributed by atoms with van der Waals surface area (Å²) in [7, 11) is 0. The third kappa shape index (κ3) is 3.03. The molecule has 9 heteroatoms. The molecule has 2 aliphatic heterocycles. The van der Waals surface area contributed by atoms with Gasteiger partial charge in [-0.3, -0.25) is 19.7 Å². The van der Waals surface area contributed by atoms with E-state index in [1.54, 1.807) is 42.5 Å². The molecule has 2 aliphatic rings. The van der Waals surface area contributed by atoms with Crippen molar-refractivity contribution in [1.29, 1.82) is 0 Å². The summed E-state index contributed by atoms with van der Waals surface area (Å²) in [4.78, 5) is 38.0. The Morgan fingerprint density at radius 3 is 2.32 bits per heavy atom. The van der Waals surface area contributed by atoms with Gasteiger partial charge < -0.3 is 14.8 Å². The van der Waals surface area contributed by atoms with E-state index < -0.39 is 16.7 Å². The highest BCUT2D eigenvalue weighted by Gasteiger charge is 2.39. The lowest BCUT2D eigenvalue weighted by Gasteiger charge is -2.13. The molecule has 0 saturated heterocycles. The summed E-state index contributed by atoms with van der Waals surface area (Å²) >= 11 is 0. The summed E-state index contributed by atoms with van der Waals surface area (Å²) in [5, 5.41) is 14.6. The first-order chi connectivity index (χ1) is 14.9. The molecule has 1 N–H and O–H groups in total. The zero-order valence-corrected chi connectivity index (χ0v) is 16.2. The number of fused-ring (bicyclic) bond motifs is 2. The summed E-state index contributed by atoms with van der Waals surface area (Å²) in [6.45, 7) is 1.99. The summed E-state index contributed by atoms with van der Waals surface area (Å²) in [5.41, 5.74) is 1.76. The van der Waals surface area contributed by atoms with Crippen LogP contribution in [0.5, 0.6) is 11.5 Å². The first-order valence-electron chi connectivity index (χ1n) is 9.37. The van der Waals surface area contributed by atoms with Gasteiger partial charge in [0.1, 0.15) is 5.69 Å². The molecule has 0 aliphatic carbocycles. The lowest BCUT2D eigenvalue weighted by molar-refractivity contribution is -0.383. The molecule has 0 fully saturated rings. The van der Waals surface area contributed by atoms with Gasteiger partial charge in [-0.2, -0.15) is 0 Å². The Labute approximate surface area is 176 Å². The van der Waals surface area contributed by atoms with Crippen LogP contribution in [0.1, 0.15) is 26.3 Å². The monoisotopic (exact) mass is 417 g/mol. The van der Waals surface area contributed by atoms with Crippen LogP contribution in [0.25, 0.3) is 0 Å². The number of nitrogens with one attached hydrogen (secondary N) is 1. The van der Waals surface area contributed by atoms with Crippen molar-refractivity contribution in [3.05, 3.63) is 81.4 Å². The van der Waals surface area contributed by atoms with Crippen molar-refractivity contribution in [1.82, 2.24) is 0 Å². The Balaban J connectivity index is 1.55. The molecule has 2 heterocycles. The average molecular weight is 417 g/mol. The van der Waals surface area contributed by atoms with Gasteiger partial charge in [-0.1, -0.05) is 17.7 Å². The fraction of sp³-hybridized carbons (Fsp3) is 0.0909. The van der Waals surface area contributed by atoms with Crippen LogP contribution in [0.3, 0.4) is 0 Å². The van der Waals surface area contributed by atoms with Crippen molar-refractivity contribution in [3.8, 4) is 11.5 Å². The summed E-state index contributed by atoms with van der Waals surface area (Å²) < 4.78 is 10.6. The minimum atomic E-state index is -0.596. The summed E-state index contributed by atoms with van der Waals surface area (Å²) in [6.07, 6.45) is 0. The number of benzene rings is 3. The Morgan fingerprint density at radius 1 is 0.935 bits per heavy atom. The van der Waals surface area contributed by atoms with Gasteiger partial charge in [0.25, 0.3) is 17.5 Å². The Morgan fingerprint density at radius 2 is 1.61 bits per heavy atom. The van der Waals surface area contributed by atoms with E-state index in [9.17, 15) is 19.7 Å². The largest absolute Gasteiger partial charge is 0.454 e. The second-order valence-corrected chi connectivity index (χ2v) is 7.15. The molecule has 0 unspecified atom stereocenters. The minimum Gasteiger partial charge on any atom is -0.454 e. The highest BCUT2D eigenvalue weighted by Crippen LogP contribution is 2.39. The fourth-order valence-electron chi connectivity index (χ4n) is 3.58. The number of imide groups is 1. The quantitative estimate of drug-likeness (QED) is 0.385. The van der Waals surface area contributed by atoms with E-state index in [0.29, 0.717) is 22.9 Å². The van der Waals surface area contributed by atoms with Gasteiger partial charge >= 0.3 is 0 Å². The number of amides is 2. The number of nitro benzene ring substituents is 1. The maximum absolute atomic E-state index is 13.0. The van der Waals surface area contributed by atoms with Crippen molar-refractivity contribution < 1.29 is 24.0 Å². The number of rotatable bonds is 4. The summed E-state index contributed by atoms with van der Waals surface area (Å²) in [6, 6.07) is 14.4. The number of hydrogen-bond acceptors (Lipinski definition) is 7. The van der Waals surface area contributed by atoms with Crippen LogP contribution in [-0.2, 0) is 0 Å². The number of anilines is 3. The van der Waals surface area contributed by atoms with Crippen LogP contribution in [0.4, 0.5) is 22.7 Å². The number of carbonyl (C=O) groups excluding carboxylic acids is 2.